The Morgan fingerprint density at radius 3 is 2.60 bits per heavy atom. The second-order valence-corrected chi connectivity index (χ2v) is 6.90. The van der Waals surface area contributed by atoms with Gasteiger partial charge in [0, 0.05) is 28.9 Å². The molecule has 5 nitrogen and oxygen atoms in total. The third-order valence-corrected chi connectivity index (χ3v) is 3.70. The molecule has 6 heteroatoms. The van der Waals surface area contributed by atoms with E-state index in [0.29, 0.717) is 11.0 Å². The van der Waals surface area contributed by atoms with E-state index in [1.165, 1.54) is 6.08 Å². The van der Waals surface area contributed by atoms with Crippen molar-refractivity contribution in [2.75, 3.05) is 0 Å². The number of ether oxygens (including phenoxy) is 1. The highest BCUT2D eigenvalue weighted by molar-refractivity contribution is 6.35. The van der Waals surface area contributed by atoms with Crippen LogP contribution in [0.4, 0.5) is 0 Å². The molecule has 2 aromatic heterocycles. The van der Waals surface area contributed by atoms with E-state index in [4.69, 9.17) is 16.3 Å². The number of hydrogen-bond donors (Lipinski definition) is 0. The fraction of sp³-hybridized carbons (Fsp3) is 0.211. The zero-order valence-corrected chi connectivity index (χ0v) is 15.0. The maximum Gasteiger partial charge on any atom is 0.331 e. The van der Waals surface area contributed by atoms with Crippen LogP contribution in [0.15, 0.2) is 48.8 Å². The van der Waals surface area contributed by atoms with Crippen molar-refractivity contribution in [3.8, 4) is 5.95 Å². The van der Waals surface area contributed by atoms with Crippen LogP contribution in [0.2, 0.25) is 5.02 Å². The standard InChI is InChI=1S/C19H18ClN3O2/c1-19(2,3)25-17(24)9-8-13-12-14-15(20)6-4-7-16(14)23(13)18-21-10-5-11-22-18/h4-12H,1-3H3/b9-8+. The van der Waals surface area contributed by atoms with Gasteiger partial charge in [-0.15, -0.1) is 0 Å². The van der Waals surface area contributed by atoms with Gasteiger partial charge in [-0.1, -0.05) is 17.7 Å². The van der Waals surface area contributed by atoms with Crippen LogP contribution in [0.25, 0.3) is 22.9 Å². The third kappa shape index (κ3) is 3.88. The van der Waals surface area contributed by atoms with Gasteiger partial charge in [0.15, 0.2) is 0 Å². The van der Waals surface area contributed by atoms with Gasteiger partial charge >= 0.3 is 5.97 Å². The minimum atomic E-state index is -0.542. The summed E-state index contributed by atoms with van der Waals surface area (Å²) in [6, 6.07) is 9.27. The summed E-state index contributed by atoms with van der Waals surface area (Å²) in [6.07, 6.45) is 6.41. The fourth-order valence-corrected chi connectivity index (χ4v) is 2.68. The first-order valence-electron chi connectivity index (χ1n) is 7.83. The molecule has 128 valence electrons. The Bertz CT molecular complexity index is 940. The highest BCUT2D eigenvalue weighted by Gasteiger charge is 2.16. The average molecular weight is 356 g/mol. The van der Waals surface area contributed by atoms with Crippen molar-refractivity contribution in [2.45, 2.75) is 26.4 Å². The summed E-state index contributed by atoms with van der Waals surface area (Å²) in [5, 5.41) is 1.49. The number of aromatic nitrogens is 3. The number of benzene rings is 1. The Morgan fingerprint density at radius 1 is 1.20 bits per heavy atom. The average Bonchev–Trinajstić information content (AvgIpc) is 2.92. The molecule has 2 heterocycles. The number of esters is 1. The number of fused-ring (bicyclic) bond motifs is 1. The SMILES string of the molecule is CC(C)(C)OC(=O)/C=C/c1cc2c(Cl)cccc2n1-c1ncccn1. The van der Waals surface area contributed by atoms with Crippen molar-refractivity contribution >= 4 is 34.5 Å². The molecule has 0 aliphatic rings. The summed E-state index contributed by atoms with van der Waals surface area (Å²) in [5.41, 5.74) is 1.06. The van der Waals surface area contributed by atoms with Crippen LogP contribution in [-0.4, -0.2) is 26.1 Å². The Morgan fingerprint density at radius 2 is 1.92 bits per heavy atom. The van der Waals surface area contributed by atoms with Crippen molar-refractivity contribution in [1.29, 1.82) is 0 Å². The van der Waals surface area contributed by atoms with Crippen LogP contribution in [0.3, 0.4) is 0 Å². The van der Waals surface area contributed by atoms with Gasteiger partial charge in [0.2, 0.25) is 5.95 Å². The molecule has 25 heavy (non-hydrogen) atoms. The molecule has 0 saturated carbocycles. The van der Waals surface area contributed by atoms with Gasteiger partial charge in [0.25, 0.3) is 0 Å². The highest BCUT2D eigenvalue weighted by atomic mass is 35.5. The van der Waals surface area contributed by atoms with Gasteiger partial charge in [0.1, 0.15) is 5.60 Å². The van der Waals surface area contributed by atoms with Crippen LogP contribution >= 0.6 is 11.6 Å². The van der Waals surface area contributed by atoms with Crippen molar-refractivity contribution < 1.29 is 9.53 Å². The number of hydrogen-bond acceptors (Lipinski definition) is 4. The van der Waals surface area contributed by atoms with Crippen molar-refractivity contribution in [2.24, 2.45) is 0 Å². The quantitative estimate of drug-likeness (QED) is 0.515. The topological polar surface area (TPSA) is 57.0 Å². The van der Waals surface area contributed by atoms with E-state index < -0.39 is 11.6 Å². The number of nitrogens with zero attached hydrogens (tertiary/aromatic N) is 3. The Balaban J connectivity index is 2.09. The van der Waals surface area contributed by atoms with E-state index in [0.717, 1.165) is 16.6 Å². The molecule has 0 bridgehead atoms. The molecule has 3 rings (SSSR count). The zero-order valence-electron chi connectivity index (χ0n) is 14.2. The zero-order chi connectivity index (χ0) is 18.0. The molecular formula is C19H18ClN3O2. The van der Waals surface area contributed by atoms with Gasteiger partial charge in [0.05, 0.1) is 11.2 Å². The molecule has 0 amide bonds. The molecule has 0 fully saturated rings. The summed E-state index contributed by atoms with van der Waals surface area (Å²) < 4.78 is 7.16. The number of carbonyl (C=O) groups is 1. The van der Waals surface area contributed by atoms with E-state index in [2.05, 4.69) is 9.97 Å². The predicted octanol–water partition coefficient (Wildman–Crippen LogP) is 4.43. The minimum Gasteiger partial charge on any atom is -0.457 e. The molecule has 0 saturated heterocycles. The second kappa shape index (κ2) is 6.69. The molecule has 0 aliphatic heterocycles. The molecule has 0 aliphatic carbocycles. The lowest BCUT2D eigenvalue weighted by atomic mass is 10.2. The Labute approximate surface area is 150 Å². The van der Waals surface area contributed by atoms with Crippen molar-refractivity contribution in [3.63, 3.8) is 0 Å². The second-order valence-electron chi connectivity index (χ2n) is 6.49. The maximum absolute atomic E-state index is 12.0. The first-order chi connectivity index (χ1) is 11.8. The summed E-state index contributed by atoms with van der Waals surface area (Å²) in [6.45, 7) is 5.48. The van der Waals surface area contributed by atoms with E-state index in [1.807, 2.05) is 49.6 Å². The fourth-order valence-electron chi connectivity index (χ4n) is 2.46. The summed E-state index contributed by atoms with van der Waals surface area (Å²) in [4.78, 5) is 20.6. The van der Waals surface area contributed by atoms with Crippen LogP contribution in [-0.2, 0) is 9.53 Å². The maximum atomic E-state index is 12.0. The summed E-state index contributed by atoms with van der Waals surface area (Å²) in [5.74, 6) is 0.0907. The van der Waals surface area contributed by atoms with E-state index in [-0.39, 0.29) is 0 Å². The lowest BCUT2D eigenvalue weighted by molar-refractivity contribution is -0.148. The smallest absolute Gasteiger partial charge is 0.331 e. The van der Waals surface area contributed by atoms with Gasteiger partial charge in [-0.3, -0.25) is 4.57 Å². The lowest BCUT2D eigenvalue weighted by Crippen LogP contribution is -2.22. The van der Waals surface area contributed by atoms with Crippen molar-refractivity contribution in [1.82, 2.24) is 14.5 Å². The van der Waals surface area contributed by atoms with Crippen LogP contribution in [0.1, 0.15) is 26.5 Å². The lowest BCUT2D eigenvalue weighted by Gasteiger charge is -2.17. The Kier molecular flexibility index (Phi) is 4.59. The van der Waals surface area contributed by atoms with Crippen LogP contribution < -0.4 is 0 Å². The largest absolute Gasteiger partial charge is 0.457 e. The van der Waals surface area contributed by atoms with Gasteiger partial charge < -0.3 is 4.74 Å². The molecule has 0 N–H and O–H groups in total. The number of rotatable bonds is 3. The Hall–Kier alpha value is -2.66. The van der Waals surface area contributed by atoms with E-state index in [1.54, 1.807) is 24.5 Å². The third-order valence-electron chi connectivity index (χ3n) is 3.37. The number of halogens is 1. The molecule has 0 radical (unpaired) electrons. The molecule has 1 aromatic carbocycles. The van der Waals surface area contributed by atoms with Gasteiger partial charge in [-0.25, -0.2) is 14.8 Å². The van der Waals surface area contributed by atoms with Gasteiger partial charge in [-0.05, 0) is 51.1 Å². The molecule has 0 unspecified atom stereocenters. The first kappa shape index (κ1) is 17.2. The summed E-state index contributed by atoms with van der Waals surface area (Å²) >= 11 is 6.31. The van der Waals surface area contributed by atoms with E-state index >= 15 is 0 Å². The van der Waals surface area contributed by atoms with Crippen LogP contribution in [0, 0.1) is 0 Å². The van der Waals surface area contributed by atoms with Crippen molar-refractivity contribution in [3.05, 3.63) is 59.5 Å². The molecule has 3 aromatic rings. The summed E-state index contributed by atoms with van der Waals surface area (Å²) in [7, 11) is 0. The normalized spacial score (nSPS) is 12.0. The van der Waals surface area contributed by atoms with Crippen LogP contribution in [0.5, 0.6) is 0 Å². The van der Waals surface area contributed by atoms with Gasteiger partial charge in [-0.2, -0.15) is 0 Å². The highest BCUT2D eigenvalue weighted by Crippen LogP contribution is 2.29. The number of carbonyl (C=O) groups excluding carboxylic acids is 1. The molecule has 0 atom stereocenters. The predicted molar refractivity (Wildman–Crippen MR) is 98.8 cm³/mol. The molecule has 0 spiro atoms. The monoisotopic (exact) mass is 355 g/mol. The molecular weight excluding hydrogens is 338 g/mol. The first-order valence-corrected chi connectivity index (χ1v) is 8.21. The van der Waals surface area contributed by atoms with E-state index in [9.17, 15) is 4.79 Å². The minimum absolute atomic E-state index is 0.413.